The Morgan fingerprint density at radius 1 is 1.32 bits per heavy atom. The molecule has 134 valence electrons. The zero-order valence-electron chi connectivity index (χ0n) is 13.9. The van der Waals surface area contributed by atoms with E-state index in [0.29, 0.717) is 35.1 Å². The lowest BCUT2D eigenvalue weighted by molar-refractivity contribution is -0.385. The molecule has 0 aromatic heterocycles. The van der Waals surface area contributed by atoms with Crippen molar-refractivity contribution in [3.05, 3.63) is 33.4 Å². The molecule has 0 N–H and O–H groups in total. The van der Waals surface area contributed by atoms with Gasteiger partial charge in [-0.25, -0.2) is 0 Å². The largest absolute Gasteiger partial charge is 0.467 e. The molecule has 2 fully saturated rings. The van der Waals surface area contributed by atoms with E-state index in [0.717, 1.165) is 12.3 Å². The van der Waals surface area contributed by atoms with Crippen LogP contribution in [0.15, 0.2) is 12.1 Å². The van der Waals surface area contributed by atoms with Crippen LogP contribution >= 0.6 is 0 Å². The minimum Gasteiger partial charge on any atom is -0.467 e. The van der Waals surface area contributed by atoms with Gasteiger partial charge in [0.05, 0.1) is 11.5 Å². The highest BCUT2D eigenvalue weighted by Crippen LogP contribution is 2.49. The van der Waals surface area contributed by atoms with Crippen molar-refractivity contribution in [3.8, 4) is 5.75 Å². The molecule has 7 heteroatoms. The Morgan fingerprint density at radius 3 is 2.92 bits per heavy atom. The van der Waals surface area contributed by atoms with E-state index in [2.05, 4.69) is 0 Å². The molecule has 1 aliphatic heterocycles. The summed E-state index contributed by atoms with van der Waals surface area (Å²) in [6.45, 7) is 0.337. The minimum absolute atomic E-state index is 0.0103. The Morgan fingerprint density at radius 2 is 2.20 bits per heavy atom. The van der Waals surface area contributed by atoms with E-state index in [4.69, 9.17) is 14.2 Å². The summed E-state index contributed by atoms with van der Waals surface area (Å²) in [6.07, 6.45) is 5.36. The van der Waals surface area contributed by atoms with Crippen molar-refractivity contribution >= 4 is 11.7 Å². The van der Waals surface area contributed by atoms with Gasteiger partial charge in [-0.2, -0.15) is 0 Å². The number of nitro benzene ring substituents is 1. The fraction of sp³-hybridized carbons (Fsp3) is 0.611. The summed E-state index contributed by atoms with van der Waals surface area (Å²) in [4.78, 5) is 22.8. The predicted octanol–water partition coefficient (Wildman–Crippen LogP) is 3.33. The number of nitrogens with zero attached hydrogens (tertiary/aromatic N) is 1. The first-order valence-electron chi connectivity index (χ1n) is 8.76. The van der Waals surface area contributed by atoms with Crippen LogP contribution in [0.1, 0.15) is 43.2 Å². The van der Waals surface area contributed by atoms with Crippen molar-refractivity contribution in [3.63, 3.8) is 0 Å². The Hall–Kier alpha value is -2.15. The standard InChI is InChI=1S/C18H21NO6/c20-17(7-13-4-11-1-2-12(13)3-11)24-9-15-6-16(19(21)22)5-14-8-23-10-25-18(14)15/h5-6,11-13H,1-4,7-10H2/t11-,12-,13-/m1/s1. The van der Waals surface area contributed by atoms with Crippen molar-refractivity contribution in [2.45, 2.75) is 45.3 Å². The van der Waals surface area contributed by atoms with E-state index in [1.165, 1.54) is 31.4 Å². The highest BCUT2D eigenvalue weighted by atomic mass is 16.7. The molecule has 3 aliphatic rings. The van der Waals surface area contributed by atoms with Crippen molar-refractivity contribution in [1.29, 1.82) is 0 Å². The monoisotopic (exact) mass is 347 g/mol. The number of ether oxygens (including phenoxy) is 3. The zero-order chi connectivity index (χ0) is 17.4. The van der Waals surface area contributed by atoms with E-state index in [1.54, 1.807) is 0 Å². The van der Waals surface area contributed by atoms with Crippen LogP contribution in [0.4, 0.5) is 5.69 Å². The smallest absolute Gasteiger partial charge is 0.306 e. The second-order valence-corrected chi connectivity index (χ2v) is 7.26. The Kier molecular flexibility index (Phi) is 4.33. The summed E-state index contributed by atoms with van der Waals surface area (Å²) >= 11 is 0. The minimum atomic E-state index is -0.463. The van der Waals surface area contributed by atoms with Crippen LogP contribution in [0, 0.1) is 27.9 Å². The SMILES string of the molecule is O=C(C[C@H]1C[C@@H]2CC[C@@H]1C2)OCc1cc([N+](=O)[O-])cc2c1OCOC2. The second-order valence-electron chi connectivity index (χ2n) is 7.26. The van der Waals surface area contributed by atoms with Gasteiger partial charge in [-0.1, -0.05) is 6.42 Å². The predicted molar refractivity (Wildman–Crippen MR) is 86.7 cm³/mol. The lowest BCUT2D eigenvalue weighted by Gasteiger charge is -2.22. The number of rotatable bonds is 5. The van der Waals surface area contributed by atoms with Gasteiger partial charge in [0.15, 0.2) is 6.79 Å². The summed E-state index contributed by atoms with van der Waals surface area (Å²) in [5.41, 5.74) is 1.08. The lowest BCUT2D eigenvalue weighted by Crippen LogP contribution is -2.18. The maximum absolute atomic E-state index is 12.2. The quantitative estimate of drug-likeness (QED) is 0.461. The molecule has 2 aliphatic carbocycles. The molecule has 2 saturated carbocycles. The first-order valence-corrected chi connectivity index (χ1v) is 8.76. The fourth-order valence-corrected chi connectivity index (χ4v) is 4.55. The topological polar surface area (TPSA) is 87.9 Å². The Bertz CT molecular complexity index is 703. The third kappa shape index (κ3) is 3.33. The van der Waals surface area contributed by atoms with Crippen LogP contribution in [-0.4, -0.2) is 17.7 Å². The Labute approximate surface area is 145 Å². The van der Waals surface area contributed by atoms with E-state index in [-0.39, 0.29) is 31.7 Å². The van der Waals surface area contributed by atoms with E-state index in [1.807, 2.05) is 0 Å². The van der Waals surface area contributed by atoms with Gasteiger partial charge in [-0.05, 0) is 37.0 Å². The van der Waals surface area contributed by atoms with Crippen LogP contribution in [0.5, 0.6) is 5.75 Å². The summed E-state index contributed by atoms with van der Waals surface area (Å²) in [6, 6.07) is 2.85. The zero-order valence-corrected chi connectivity index (χ0v) is 13.9. The molecule has 0 amide bonds. The van der Waals surface area contributed by atoms with Gasteiger partial charge in [-0.15, -0.1) is 0 Å². The molecule has 1 aromatic carbocycles. The second kappa shape index (κ2) is 6.63. The van der Waals surface area contributed by atoms with Crippen molar-refractivity contribution < 1.29 is 23.9 Å². The molecule has 4 rings (SSSR count). The molecule has 2 bridgehead atoms. The first kappa shape index (κ1) is 16.3. The number of benzene rings is 1. The van der Waals surface area contributed by atoms with Crippen LogP contribution in [0.3, 0.4) is 0 Å². The third-order valence-corrected chi connectivity index (χ3v) is 5.68. The number of fused-ring (bicyclic) bond motifs is 3. The van der Waals surface area contributed by atoms with Gasteiger partial charge in [-0.3, -0.25) is 14.9 Å². The van der Waals surface area contributed by atoms with Gasteiger partial charge < -0.3 is 14.2 Å². The van der Waals surface area contributed by atoms with E-state index in [9.17, 15) is 14.9 Å². The number of hydrogen-bond donors (Lipinski definition) is 0. The number of non-ortho nitro benzene ring substituents is 1. The average molecular weight is 347 g/mol. The number of carbonyl (C=O) groups is 1. The molecule has 7 nitrogen and oxygen atoms in total. The van der Waals surface area contributed by atoms with Crippen molar-refractivity contribution in [2.24, 2.45) is 17.8 Å². The first-order chi connectivity index (χ1) is 12.1. The molecule has 0 spiro atoms. The van der Waals surface area contributed by atoms with Gasteiger partial charge in [0, 0.05) is 29.7 Å². The molecular weight excluding hydrogens is 326 g/mol. The van der Waals surface area contributed by atoms with Crippen LogP contribution in [0.2, 0.25) is 0 Å². The van der Waals surface area contributed by atoms with Gasteiger partial charge in [0.25, 0.3) is 5.69 Å². The maximum atomic E-state index is 12.2. The lowest BCUT2D eigenvalue weighted by atomic mass is 9.86. The molecule has 1 aromatic rings. The fourth-order valence-electron chi connectivity index (χ4n) is 4.55. The van der Waals surface area contributed by atoms with Crippen LogP contribution < -0.4 is 4.74 Å². The normalized spacial score (nSPS) is 26.8. The highest BCUT2D eigenvalue weighted by Gasteiger charge is 2.40. The maximum Gasteiger partial charge on any atom is 0.306 e. The Balaban J connectivity index is 1.42. The molecule has 0 unspecified atom stereocenters. The van der Waals surface area contributed by atoms with Crippen LogP contribution in [-0.2, 0) is 27.5 Å². The summed E-state index contributed by atoms with van der Waals surface area (Å²) < 4.78 is 16.1. The average Bonchev–Trinajstić information content (AvgIpc) is 3.22. The summed E-state index contributed by atoms with van der Waals surface area (Å²) in [5.74, 6) is 2.20. The highest BCUT2D eigenvalue weighted by molar-refractivity contribution is 5.70. The van der Waals surface area contributed by atoms with Gasteiger partial charge in [0.2, 0.25) is 0 Å². The summed E-state index contributed by atoms with van der Waals surface area (Å²) in [7, 11) is 0. The number of carbonyl (C=O) groups excluding carboxylic acids is 1. The van der Waals surface area contributed by atoms with E-state index >= 15 is 0 Å². The number of esters is 1. The molecule has 1 heterocycles. The molecule has 25 heavy (non-hydrogen) atoms. The van der Waals surface area contributed by atoms with Crippen molar-refractivity contribution in [1.82, 2.24) is 0 Å². The van der Waals surface area contributed by atoms with Crippen molar-refractivity contribution in [2.75, 3.05) is 6.79 Å². The van der Waals surface area contributed by atoms with E-state index < -0.39 is 4.92 Å². The molecule has 0 saturated heterocycles. The molecule has 0 radical (unpaired) electrons. The molecule has 3 atom stereocenters. The number of hydrogen-bond acceptors (Lipinski definition) is 6. The number of nitro groups is 1. The van der Waals surface area contributed by atoms with Gasteiger partial charge >= 0.3 is 5.97 Å². The van der Waals surface area contributed by atoms with Gasteiger partial charge in [0.1, 0.15) is 12.4 Å². The molecular formula is C18H21NO6. The summed E-state index contributed by atoms with van der Waals surface area (Å²) in [5, 5.41) is 11.1. The van der Waals surface area contributed by atoms with Crippen LogP contribution in [0.25, 0.3) is 0 Å². The third-order valence-electron chi connectivity index (χ3n) is 5.68.